The molecule has 0 saturated heterocycles. The fourth-order valence-electron chi connectivity index (χ4n) is 1.25. The van der Waals surface area contributed by atoms with Gasteiger partial charge in [-0.25, -0.2) is 0 Å². The molecule has 17 heavy (non-hydrogen) atoms. The van der Waals surface area contributed by atoms with Crippen molar-refractivity contribution >= 4 is 36.4 Å². The second-order valence-electron chi connectivity index (χ2n) is 3.24. The smallest absolute Gasteiger partial charge is 0.0555 e. The van der Waals surface area contributed by atoms with E-state index in [0.29, 0.717) is 6.54 Å². The third-order valence-corrected chi connectivity index (χ3v) is 2.41. The molecule has 100 valence electrons. The maximum Gasteiger partial charge on any atom is 0.0555 e. The van der Waals surface area contributed by atoms with Gasteiger partial charge in [0.25, 0.3) is 0 Å². The molecule has 0 aliphatic heterocycles. The summed E-state index contributed by atoms with van der Waals surface area (Å²) in [5, 5.41) is 15.7. The number of aliphatic hydroxyl groups is 1. The predicted molar refractivity (Wildman–Crippen MR) is 77.6 cm³/mol. The van der Waals surface area contributed by atoms with Gasteiger partial charge < -0.3 is 15.7 Å². The number of rotatable bonds is 7. The number of hydrogen-bond acceptors (Lipinski definition) is 3. The van der Waals surface area contributed by atoms with E-state index in [9.17, 15) is 0 Å². The molecule has 0 radical (unpaired) electrons. The van der Waals surface area contributed by atoms with Crippen LogP contribution in [0.2, 0.25) is 5.02 Å². The molecule has 6 heteroatoms. The molecular weight excluding hydrogens is 282 g/mol. The van der Waals surface area contributed by atoms with Crippen molar-refractivity contribution in [2.45, 2.75) is 6.54 Å². The molecule has 0 aliphatic carbocycles. The highest BCUT2D eigenvalue weighted by molar-refractivity contribution is 6.31. The average molecular weight is 302 g/mol. The van der Waals surface area contributed by atoms with Crippen LogP contribution in [-0.4, -0.2) is 31.3 Å². The maximum absolute atomic E-state index is 8.54. The first-order valence-electron chi connectivity index (χ1n) is 5.10. The van der Waals surface area contributed by atoms with Crippen molar-refractivity contribution in [3.63, 3.8) is 0 Å². The van der Waals surface area contributed by atoms with Crippen LogP contribution in [0.5, 0.6) is 0 Å². The van der Waals surface area contributed by atoms with Crippen molar-refractivity contribution in [2.75, 3.05) is 26.2 Å². The molecule has 3 N–H and O–H groups in total. The molecule has 0 fully saturated rings. The Hall–Kier alpha value is -0.0300. The number of aliphatic hydroxyl groups excluding tert-OH is 1. The highest BCUT2D eigenvalue weighted by atomic mass is 35.5. The molecule has 1 aromatic carbocycles. The molecule has 0 bridgehead atoms. The Morgan fingerprint density at radius 1 is 1.00 bits per heavy atom. The monoisotopic (exact) mass is 300 g/mol. The summed E-state index contributed by atoms with van der Waals surface area (Å²) < 4.78 is 0. The molecule has 1 aromatic rings. The van der Waals surface area contributed by atoms with Crippen molar-refractivity contribution in [2.24, 2.45) is 0 Å². The second kappa shape index (κ2) is 12.4. The molecule has 1 rings (SSSR count). The van der Waals surface area contributed by atoms with Crippen LogP contribution in [0.25, 0.3) is 0 Å². The lowest BCUT2D eigenvalue weighted by Gasteiger charge is -2.06. The van der Waals surface area contributed by atoms with Crippen molar-refractivity contribution < 1.29 is 5.11 Å². The molecule has 0 amide bonds. The van der Waals surface area contributed by atoms with Gasteiger partial charge in [-0.15, -0.1) is 24.8 Å². The molecule has 0 aromatic heterocycles. The minimum atomic E-state index is 0. The van der Waals surface area contributed by atoms with Crippen molar-refractivity contribution in [1.29, 1.82) is 0 Å². The standard InChI is InChI=1S/C11H17ClN2O.2ClH/c12-11-4-2-1-3-10(11)9-14-6-5-13-7-8-15;;/h1-4,13-15H,5-9H2;2*1H. The molecule has 0 spiro atoms. The quantitative estimate of drug-likeness (QED) is 0.674. The van der Waals surface area contributed by atoms with Crippen molar-refractivity contribution in [3.8, 4) is 0 Å². The zero-order valence-corrected chi connectivity index (χ0v) is 11.9. The third kappa shape index (κ3) is 8.66. The van der Waals surface area contributed by atoms with E-state index in [0.717, 1.165) is 30.2 Å². The fourth-order valence-corrected chi connectivity index (χ4v) is 1.45. The Morgan fingerprint density at radius 2 is 1.65 bits per heavy atom. The second-order valence-corrected chi connectivity index (χ2v) is 3.65. The zero-order chi connectivity index (χ0) is 10.9. The average Bonchev–Trinajstić information content (AvgIpc) is 2.25. The van der Waals surface area contributed by atoms with Gasteiger partial charge in [0.2, 0.25) is 0 Å². The van der Waals surface area contributed by atoms with Gasteiger partial charge in [-0.3, -0.25) is 0 Å². The number of halogens is 3. The molecule has 0 aliphatic rings. The summed E-state index contributed by atoms with van der Waals surface area (Å²) in [6.07, 6.45) is 0. The summed E-state index contributed by atoms with van der Waals surface area (Å²) >= 11 is 6.00. The number of benzene rings is 1. The van der Waals surface area contributed by atoms with E-state index in [2.05, 4.69) is 10.6 Å². The van der Waals surface area contributed by atoms with Crippen LogP contribution in [0.15, 0.2) is 24.3 Å². The van der Waals surface area contributed by atoms with Crippen LogP contribution < -0.4 is 10.6 Å². The van der Waals surface area contributed by atoms with Gasteiger partial charge in [0.05, 0.1) is 6.61 Å². The van der Waals surface area contributed by atoms with Crippen LogP contribution in [0.3, 0.4) is 0 Å². The highest BCUT2D eigenvalue weighted by Gasteiger charge is 1.96. The van der Waals surface area contributed by atoms with E-state index >= 15 is 0 Å². The van der Waals surface area contributed by atoms with E-state index in [4.69, 9.17) is 16.7 Å². The van der Waals surface area contributed by atoms with Crippen LogP contribution in [0.4, 0.5) is 0 Å². The van der Waals surface area contributed by atoms with Gasteiger partial charge in [0.1, 0.15) is 0 Å². The lowest BCUT2D eigenvalue weighted by atomic mass is 10.2. The van der Waals surface area contributed by atoms with E-state index in [-0.39, 0.29) is 31.4 Å². The summed E-state index contributed by atoms with van der Waals surface area (Å²) in [4.78, 5) is 0. The van der Waals surface area contributed by atoms with Crippen LogP contribution >= 0.6 is 36.4 Å². The molecule has 0 saturated carbocycles. The first-order valence-corrected chi connectivity index (χ1v) is 5.48. The van der Waals surface area contributed by atoms with Gasteiger partial charge in [-0.1, -0.05) is 29.8 Å². The Balaban J connectivity index is 0. The maximum atomic E-state index is 8.54. The Labute approximate surface area is 120 Å². The minimum Gasteiger partial charge on any atom is -0.395 e. The van der Waals surface area contributed by atoms with Gasteiger partial charge in [-0.2, -0.15) is 0 Å². The normalized spacial score (nSPS) is 9.29. The summed E-state index contributed by atoms with van der Waals surface area (Å²) in [5.74, 6) is 0. The number of hydrogen-bond donors (Lipinski definition) is 3. The number of nitrogens with one attached hydrogen (secondary N) is 2. The van der Waals surface area contributed by atoms with Crippen LogP contribution in [-0.2, 0) is 6.54 Å². The van der Waals surface area contributed by atoms with Crippen LogP contribution in [0.1, 0.15) is 5.56 Å². The fraction of sp³-hybridized carbons (Fsp3) is 0.455. The lowest BCUT2D eigenvalue weighted by Crippen LogP contribution is -2.28. The third-order valence-electron chi connectivity index (χ3n) is 2.04. The minimum absolute atomic E-state index is 0. The Morgan fingerprint density at radius 3 is 2.29 bits per heavy atom. The summed E-state index contributed by atoms with van der Waals surface area (Å²) in [7, 11) is 0. The van der Waals surface area contributed by atoms with Crippen molar-refractivity contribution in [1.82, 2.24) is 10.6 Å². The largest absolute Gasteiger partial charge is 0.395 e. The van der Waals surface area contributed by atoms with Gasteiger partial charge >= 0.3 is 0 Å². The SMILES string of the molecule is Cl.Cl.OCCNCCNCc1ccccc1Cl. The van der Waals surface area contributed by atoms with Crippen LogP contribution in [0, 0.1) is 0 Å². The predicted octanol–water partition coefficient (Wildman–Crippen LogP) is 1.86. The summed E-state index contributed by atoms with van der Waals surface area (Å²) in [6.45, 7) is 3.33. The van der Waals surface area contributed by atoms with Gasteiger partial charge in [0, 0.05) is 31.2 Å². The first kappa shape index (κ1) is 19.3. The van der Waals surface area contributed by atoms with E-state index in [1.165, 1.54) is 0 Å². The van der Waals surface area contributed by atoms with E-state index < -0.39 is 0 Å². The summed E-state index contributed by atoms with van der Waals surface area (Å²) in [5.41, 5.74) is 1.11. The Kier molecular flexibility index (Phi) is 14.1. The molecule has 0 atom stereocenters. The molecule has 3 nitrogen and oxygen atoms in total. The molecule has 0 unspecified atom stereocenters. The van der Waals surface area contributed by atoms with Gasteiger partial charge in [0.15, 0.2) is 0 Å². The highest BCUT2D eigenvalue weighted by Crippen LogP contribution is 2.13. The summed E-state index contributed by atoms with van der Waals surface area (Å²) in [6, 6.07) is 7.81. The molecular formula is C11H19Cl3N2O. The molecule has 0 heterocycles. The van der Waals surface area contributed by atoms with Crippen molar-refractivity contribution in [3.05, 3.63) is 34.9 Å². The van der Waals surface area contributed by atoms with Gasteiger partial charge in [-0.05, 0) is 11.6 Å². The first-order chi connectivity index (χ1) is 7.34. The van der Waals surface area contributed by atoms with E-state index in [1.54, 1.807) is 0 Å². The lowest BCUT2D eigenvalue weighted by molar-refractivity contribution is 0.292. The topological polar surface area (TPSA) is 44.3 Å². The van der Waals surface area contributed by atoms with E-state index in [1.807, 2.05) is 24.3 Å². The zero-order valence-electron chi connectivity index (χ0n) is 9.49. The Bertz CT molecular complexity index is 287.